The molecule has 106 valence electrons. The average Bonchev–Trinajstić information content (AvgIpc) is 2.39. The minimum absolute atomic E-state index is 0.157. The van der Waals surface area contributed by atoms with Crippen LogP contribution in [-0.4, -0.2) is 40.7 Å². The molecule has 1 rings (SSSR count). The van der Waals surface area contributed by atoms with Crippen molar-refractivity contribution in [1.82, 2.24) is 15.0 Å². The van der Waals surface area contributed by atoms with Gasteiger partial charge in [0.1, 0.15) is 0 Å². The summed E-state index contributed by atoms with van der Waals surface area (Å²) in [6.07, 6.45) is 0.217. The summed E-state index contributed by atoms with van der Waals surface area (Å²) in [6, 6.07) is 0.157. The molecule has 1 aromatic rings. The summed E-state index contributed by atoms with van der Waals surface area (Å²) in [6.45, 7) is 4.70. The van der Waals surface area contributed by atoms with Gasteiger partial charge in [0.25, 0.3) is 0 Å². The Morgan fingerprint density at radius 2 is 1.95 bits per heavy atom. The number of anilines is 2. The van der Waals surface area contributed by atoms with Crippen molar-refractivity contribution in [3.63, 3.8) is 0 Å². The summed E-state index contributed by atoms with van der Waals surface area (Å²) in [5, 5.41) is 2.87. The van der Waals surface area contributed by atoms with Crippen LogP contribution in [0.1, 0.15) is 20.3 Å². The van der Waals surface area contributed by atoms with E-state index in [2.05, 4.69) is 25.7 Å². The lowest BCUT2D eigenvalue weighted by Crippen LogP contribution is -2.16. The Kier molecular flexibility index (Phi) is 6.30. The summed E-state index contributed by atoms with van der Waals surface area (Å²) in [5.41, 5.74) is 2.31. The molecule has 0 saturated heterocycles. The smallest absolute Gasteiger partial charge is 0.323 e. The third kappa shape index (κ3) is 5.34. The van der Waals surface area contributed by atoms with E-state index in [1.165, 1.54) is 0 Å². The van der Waals surface area contributed by atoms with E-state index in [4.69, 9.17) is 15.3 Å². The number of rotatable bonds is 8. The minimum atomic E-state index is -0.286. The molecule has 0 atom stereocenters. The van der Waals surface area contributed by atoms with Crippen molar-refractivity contribution in [3.8, 4) is 6.01 Å². The predicted molar refractivity (Wildman–Crippen MR) is 68.5 cm³/mol. The summed E-state index contributed by atoms with van der Waals surface area (Å²) in [5.74, 6) is 5.41. The molecule has 0 aliphatic carbocycles. The molecule has 0 aliphatic rings. The van der Waals surface area contributed by atoms with E-state index in [1.807, 2.05) is 6.92 Å². The fourth-order valence-electron chi connectivity index (χ4n) is 1.20. The fraction of sp³-hybridized carbons (Fsp3) is 0.600. The van der Waals surface area contributed by atoms with Gasteiger partial charge in [-0.25, -0.2) is 5.84 Å². The van der Waals surface area contributed by atoms with Gasteiger partial charge in [-0.1, -0.05) is 0 Å². The molecule has 1 heterocycles. The zero-order chi connectivity index (χ0) is 14.1. The minimum Gasteiger partial charge on any atom is -0.466 e. The number of nitrogens with zero attached hydrogens (tertiary/aromatic N) is 3. The molecule has 0 unspecified atom stereocenters. The van der Waals surface area contributed by atoms with Crippen molar-refractivity contribution in [1.29, 1.82) is 0 Å². The van der Waals surface area contributed by atoms with Gasteiger partial charge < -0.3 is 14.8 Å². The second-order valence-electron chi connectivity index (χ2n) is 3.32. The second-order valence-corrected chi connectivity index (χ2v) is 3.32. The van der Waals surface area contributed by atoms with Gasteiger partial charge in [0.2, 0.25) is 11.9 Å². The van der Waals surface area contributed by atoms with Crippen LogP contribution < -0.4 is 21.3 Å². The molecule has 0 fully saturated rings. The molecule has 0 spiro atoms. The van der Waals surface area contributed by atoms with E-state index < -0.39 is 0 Å². The van der Waals surface area contributed by atoms with Crippen molar-refractivity contribution in [2.24, 2.45) is 5.84 Å². The Hall–Kier alpha value is -2.16. The van der Waals surface area contributed by atoms with Crippen molar-refractivity contribution >= 4 is 17.9 Å². The van der Waals surface area contributed by atoms with E-state index in [0.29, 0.717) is 19.8 Å². The Morgan fingerprint density at radius 1 is 1.21 bits per heavy atom. The number of ether oxygens (including phenoxy) is 2. The van der Waals surface area contributed by atoms with Gasteiger partial charge in [-0.3, -0.25) is 10.2 Å². The van der Waals surface area contributed by atoms with Gasteiger partial charge >= 0.3 is 12.0 Å². The van der Waals surface area contributed by atoms with E-state index in [0.717, 1.165) is 0 Å². The summed E-state index contributed by atoms with van der Waals surface area (Å²) >= 11 is 0. The number of nitrogens with two attached hydrogens (primary N) is 1. The highest BCUT2D eigenvalue weighted by molar-refractivity contribution is 5.69. The van der Waals surface area contributed by atoms with Crippen molar-refractivity contribution in [3.05, 3.63) is 0 Å². The lowest BCUT2D eigenvalue weighted by molar-refractivity contribution is -0.142. The van der Waals surface area contributed by atoms with Crippen molar-refractivity contribution in [2.45, 2.75) is 20.3 Å². The van der Waals surface area contributed by atoms with Gasteiger partial charge in [-0.05, 0) is 13.8 Å². The first-order valence-electron chi connectivity index (χ1n) is 5.94. The molecular formula is C10H18N6O3. The van der Waals surface area contributed by atoms with Crippen molar-refractivity contribution in [2.75, 3.05) is 30.5 Å². The number of esters is 1. The first-order valence-corrected chi connectivity index (χ1v) is 5.94. The number of nitrogen functional groups attached to an aromatic ring is 1. The van der Waals surface area contributed by atoms with Crippen LogP contribution in [-0.2, 0) is 9.53 Å². The molecule has 9 heteroatoms. The predicted octanol–water partition coefficient (Wildman–Crippen LogP) is -0.0790. The molecule has 0 amide bonds. The molecule has 0 aliphatic heterocycles. The quantitative estimate of drug-likeness (QED) is 0.338. The largest absolute Gasteiger partial charge is 0.466 e. The molecule has 19 heavy (non-hydrogen) atoms. The highest BCUT2D eigenvalue weighted by Crippen LogP contribution is 2.10. The molecule has 0 radical (unpaired) electrons. The van der Waals surface area contributed by atoms with Gasteiger partial charge in [0.15, 0.2) is 0 Å². The zero-order valence-electron chi connectivity index (χ0n) is 11.0. The Balaban J connectivity index is 2.56. The summed E-state index contributed by atoms with van der Waals surface area (Å²) < 4.78 is 9.96. The highest BCUT2D eigenvalue weighted by atomic mass is 16.5. The third-order valence-corrected chi connectivity index (χ3v) is 1.93. The molecule has 0 bridgehead atoms. The Bertz CT molecular complexity index is 414. The van der Waals surface area contributed by atoms with Crippen LogP contribution in [0.3, 0.4) is 0 Å². The van der Waals surface area contributed by atoms with E-state index in [9.17, 15) is 4.79 Å². The zero-order valence-corrected chi connectivity index (χ0v) is 11.0. The maximum absolute atomic E-state index is 11.2. The molecule has 0 aromatic carbocycles. The SMILES string of the molecule is CCOC(=O)CCNc1nc(NN)nc(OCC)n1. The Morgan fingerprint density at radius 3 is 2.58 bits per heavy atom. The van der Waals surface area contributed by atoms with Crippen LogP contribution in [0.2, 0.25) is 0 Å². The molecule has 9 nitrogen and oxygen atoms in total. The van der Waals surface area contributed by atoms with Gasteiger partial charge in [-0.15, -0.1) is 0 Å². The monoisotopic (exact) mass is 270 g/mol. The number of carbonyl (C=O) groups excluding carboxylic acids is 1. The summed E-state index contributed by atoms with van der Waals surface area (Å²) in [7, 11) is 0. The first-order chi connectivity index (χ1) is 9.19. The van der Waals surface area contributed by atoms with Crippen LogP contribution in [0.15, 0.2) is 0 Å². The lowest BCUT2D eigenvalue weighted by atomic mass is 10.4. The van der Waals surface area contributed by atoms with Gasteiger partial charge in [0, 0.05) is 6.54 Å². The van der Waals surface area contributed by atoms with Crippen LogP contribution in [0, 0.1) is 0 Å². The van der Waals surface area contributed by atoms with Crippen LogP contribution in [0.4, 0.5) is 11.9 Å². The fourth-order valence-corrected chi connectivity index (χ4v) is 1.20. The number of hydrogen-bond acceptors (Lipinski definition) is 9. The number of carbonyl (C=O) groups is 1. The molecule has 4 N–H and O–H groups in total. The summed E-state index contributed by atoms with van der Waals surface area (Å²) in [4.78, 5) is 23.0. The van der Waals surface area contributed by atoms with Crippen LogP contribution in [0.5, 0.6) is 6.01 Å². The number of hydrazine groups is 1. The maximum atomic E-state index is 11.2. The Labute approximate surface area is 110 Å². The topological polar surface area (TPSA) is 124 Å². The second kappa shape index (κ2) is 8.03. The highest BCUT2D eigenvalue weighted by Gasteiger charge is 2.07. The maximum Gasteiger partial charge on any atom is 0.323 e. The van der Waals surface area contributed by atoms with Crippen molar-refractivity contribution < 1.29 is 14.3 Å². The number of hydrogen-bond donors (Lipinski definition) is 3. The number of nitrogens with one attached hydrogen (secondary N) is 2. The molecule has 0 saturated carbocycles. The van der Waals surface area contributed by atoms with Crippen LogP contribution in [0.25, 0.3) is 0 Å². The molecule has 1 aromatic heterocycles. The normalized spacial score (nSPS) is 9.84. The van der Waals surface area contributed by atoms with E-state index >= 15 is 0 Å². The average molecular weight is 270 g/mol. The first kappa shape index (κ1) is 14.9. The van der Waals surface area contributed by atoms with Crippen LogP contribution >= 0.6 is 0 Å². The van der Waals surface area contributed by atoms with Gasteiger partial charge in [-0.2, -0.15) is 15.0 Å². The lowest BCUT2D eigenvalue weighted by Gasteiger charge is -2.08. The van der Waals surface area contributed by atoms with Gasteiger partial charge in [0.05, 0.1) is 19.6 Å². The third-order valence-electron chi connectivity index (χ3n) is 1.93. The number of aromatic nitrogens is 3. The van der Waals surface area contributed by atoms with E-state index in [-0.39, 0.29) is 30.3 Å². The standard InChI is InChI=1S/C10H18N6O3/c1-3-18-7(17)5-6-12-8-13-9(16-11)15-10(14-8)19-4-2/h3-6,11H2,1-2H3,(H2,12,13,14,15,16). The van der Waals surface area contributed by atoms with E-state index in [1.54, 1.807) is 6.92 Å². The molecular weight excluding hydrogens is 252 g/mol.